The van der Waals surface area contributed by atoms with Crippen LogP contribution in [0.25, 0.3) is 0 Å². The topological polar surface area (TPSA) is 118 Å². The van der Waals surface area contributed by atoms with E-state index in [1.807, 2.05) is 27.7 Å². The monoisotopic (exact) mass is 514 g/mol. The zero-order valence-electron chi connectivity index (χ0n) is 18.5. The maximum Gasteiger partial charge on any atom is 0.313 e. The minimum atomic E-state index is -0.796. The lowest BCUT2D eigenvalue weighted by Crippen LogP contribution is -2.14. The summed E-state index contributed by atoms with van der Waals surface area (Å²) in [6.45, 7) is 7.94. The zero-order valence-corrected chi connectivity index (χ0v) is 21.8. The number of carboxylic acid groups (broad SMARTS) is 2. The summed E-state index contributed by atoms with van der Waals surface area (Å²) in [4.78, 5) is 44.9. The Morgan fingerprint density at radius 2 is 0.839 bits per heavy atom. The summed E-state index contributed by atoms with van der Waals surface area (Å²) < 4.78 is 4.89. The van der Waals surface area contributed by atoms with Crippen molar-refractivity contribution in [2.45, 2.75) is 100 Å². The van der Waals surface area contributed by atoms with Crippen LogP contribution in [0.4, 0.5) is 0 Å². The van der Waals surface area contributed by atoms with Crippen LogP contribution in [0.15, 0.2) is 0 Å². The summed E-state index contributed by atoms with van der Waals surface area (Å²) in [6, 6.07) is 0. The predicted octanol–water partition coefficient (Wildman–Crippen LogP) is 5.66. The highest BCUT2D eigenvalue weighted by Crippen LogP contribution is 2.35. The average molecular weight is 515 g/mol. The van der Waals surface area contributed by atoms with Crippen LogP contribution in [0.3, 0.4) is 0 Å². The number of aliphatic carboxylic acids is 2. The second-order valence-corrected chi connectivity index (χ2v) is 13.7. The minimum absolute atomic E-state index is 0.150. The molecule has 0 saturated carbocycles. The van der Waals surface area contributed by atoms with Crippen molar-refractivity contribution in [3.8, 4) is 0 Å². The van der Waals surface area contributed by atoms with Gasteiger partial charge in [-0.2, -0.15) is 0 Å². The number of esters is 2. The molecule has 2 N–H and O–H groups in total. The highest BCUT2D eigenvalue weighted by molar-refractivity contribution is 8.77. The van der Waals surface area contributed by atoms with Crippen molar-refractivity contribution in [2.24, 2.45) is 0 Å². The Kier molecular flexibility index (Phi) is 17.7. The molecule has 0 aromatic rings. The molecule has 0 radical (unpaired) electrons. The van der Waals surface area contributed by atoms with Crippen molar-refractivity contribution in [1.29, 1.82) is 0 Å². The summed E-state index contributed by atoms with van der Waals surface area (Å²) in [6.07, 6.45) is 3.03. The van der Waals surface area contributed by atoms with Crippen molar-refractivity contribution < 1.29 is 34.1 Å². The molecule has 0 amide bonds. The molecular formula is C20H34O7S4. The van der Waals surface area contributed by atoms with Gasteiger partial charge in [-0.15, -0.1) is 0 Å². The molecule has 0 aromatic heterocycles. The summed E-state index contributed by atoms with van der Waals surface area (Å²) >= 11 is 0. The van der Waals surface area contributed by atoms with Gasteiger partial charge in [-0.1, -0.05) is 70.9 Å². The molecule has 7 nitrogen and oxygen atoms in total. The van der Waals surface area contributed by atoms with Gasteiger partial charge in [0, 0.05) is 46.7 Å². The average Bonchev–Trinajstić information content (AvgIpc) is 2.70. The van der Waals surface area contributed by atoms with Gasteiger partial charge in [0.05, 0.1) is 0 Å². The molecular weight excluding hydrogens is 480 g/mol. The molecule has 0 spiro atoms. The second-order valence-electron chi connectivity index (χ2n) is 7.42. The maximum absolute atomic E-state index is 11.9. The van der Waals surface area contributed by atoms with E-state index in [2.05, 4.69) is 0 Å². The maximum atomic E-state index is 11.9. The van der Waals surface area contributed by atoms with Crippen molar-refractivity contribution in [2.75, 3.05) is 0 Å². The third kappa shape index (κ3) is 19.9. The molecule has 4 atom stereocenters. The van der Waals surface area contributed by atoms with Crippen molar-refractivity contribution >= 4 is 67.1 Å². The van der Waals surface area contributed by atoms with E-state index in [0.29, 0.717) is 25.7 Å². The van der Waals surface area contributed by atoms with Crippen LogP contribution < -0.4 is 0 Å². The molecule has 0 heterocycles. The number of rotatable bonds is 18. The number of carboxylic acids is 2. The lowest BCUT2D eigenvalue weighted by atomic mass is 10.2. The Morgan fingerprint density at radius 3 is 1.10 bits per heavy atom. The molecule has 31 heavy (non-hydrogen) atoms. The van der Waals surface area contributed by atoms with E-state index in [4.69, 9.17) is 14.9 Å². The van der Waals surface area contributed by atoms with E-state index in [0.717, 1.165) is 0 Å². The first-order valence-electron chi connectivity index (χ1n) is 10.3. The van der Waals surface area contributed by atoms with Crippen LogP contribution in [0, 0.1) is 0 Å². The van der Waals surface area contributed by atoms with E-state index in [9.17, 15) is 19.2 Å². The van der Waals surface area contributed by atoms with E-state index in [1.165, 1.54) is 0 Å². The number of hydrogen-bond acceptors (Lipinski definition) is 9. The van der Waals surface area contributed by atoms with Gasteiger partial charge in [-0.25, -0.2) is 0 Å². The molecule has 11 heteroatoms. The Hall–Kier alpha value is -0.520. The third-order valence-corrected chi connectivity index (χ3v) is 11.1. The fraction of sp³-hybridized carbons (Fsp3) is 0.800. The Morgan fingerprint density at radius 1 is 0.581 bits per heavy atom. The Labute approximate surface area is 200 Å². The number of ether oxygens (including phenoxy) is 1. The van der Waals surface area contributed by atoms with Gasteiger partial charge in [0.15, 0.2) is 0 Å². The molecule has 0 aliphatic heterocycles. The normalized spacial score (nSPS) is 15.0. The van der Waals surface area contributed by atoms with Crippen LogP contribution in [-0.4, -0.2) is 55.1 Å². The SMILES string of the molecule is CC(CCC(=O)O)SSC(C)CCC(=O)OC(=O)CCC(C)SSC(C)CCC(=O)O. The summed E-state index contributed by atoms with van der Waals surface area (Å²) in [5, 5.41) is 18.2. The van der Waals surface area contributed by atoms with Crippen molar-refractivity contribution in [1.82, 2.24) is 0 Å². The summed E-state index contributed by atoms with van der Waals surface area (Å²) in [5.74, 6) is -2.62. The molecule has 0 saturated heterocycles. The van der Waals surface area contributed by atoms with Gasteiger partial charge in [-0.05, 0) is 25.7 Å². The molecule has 0 bridgehead atoms. The van der Waals surface area contributed by atoms with Gasteiger partial charge in [0.2, 0.25) is 0 Å². The fourth-order valence-electron chi connectivity index (χ4n) is 2.10. The molecule has 0 aliphatic rings. The highest BCUT2D eigenvalue weighted by atomic mass is 33.1. The van der Waals surface area contributed by atoms with Crippen LogP contribution in [0.1, 0.15) is 79.1 Å². The van der Waals surface area contributed by atoms with Crippen LogP contribution in [-0.2, 0) is 23.9 Å². The molecule has 0 aromatic carbocycles. The van der Waals surface area contributed by atoms with Crippen molar-refractivity contribution in [3.05, 3.63) is 0 Å². The number of hydrogen-bond donors (Lipinski definition) is 2. The molecule has 0 fully saturated rings. The quantitative estimate of drug-likeness (QED) is 0.134. The smallest absolute Gasteiger partial charge is 0.313 e. The van der Waals surface area contributed by atoms with Gasteiger partial charge in [-0.3, -0.25) is 19.2 Å². The van der Waals surface area contributed by atoms with Crippen LogP contribution in [0.2, 0.25) is 0 Å². The van der Waals surface area contributed by atoms with Gasteiger partial charge < -0.3 is 14.9 Å². The molecule has 4 unspecified atom stereocenters. The lowest BCUT2D eigenvalue weighted by molar-refractivity contribution is -0.159. The molecule has 0 rings (SSSR count). The summed E-state index contributed by atoms with van der Waals surface area (Å²) in [5.41, 5.74) is 0. The predicted molar refractivity (Wildman–Crippen MR) is 132 cm³/mol. The standard InChI is InChI=1S/C20H34O7S4/c1-13(5-9-17(21)22)28-30-15(3)7-11-19(25)27-20(26)12-8-16(4)31-29-14(2)6-10-18(23)24/h13-16H,5-12H2,1-4H3,(H,21,22)(H,23,24). The molecule has 0 aliphatic carbocycles. The second kappa shape index (κ2) is 18.0. The van der Waals surface area contributed by atoms with Crippen LogP contribution >= 0.6 is 43.2 Å². The zero-order chi connectivity index (χ0) is 23.8. The first-order chi connectivity index (χ1) is 14.5. The molecule has 180 valence electrons. The Bertz CT molecular complexity index is 526. The third-order valence-electron chi connectivity index (χ3n) is 4.04. The van der Waals surface area contributed by atoms with Gasteiger partial charge >= 0.3 is 23.9 Å². The van der Waals surface area contributed by atoms with E-state index < -0.39 is 23.9 Å². The van der Waals surface area contributed by atoms with E-state index in [1.54, 1.807) is 43.2 Å². The number of carbonyl (C=O) groups is 4. The number of carbonyl (C=O) groups excluding carboxylic acids is 2. The fourth-order valence-corrected chi connectivity index (χ4v) is 7.14. The highest BCUT2D eigenvalue weighted by Gasteiger charge is 2.16. The lowest BCUT2D eigenvalue weighted by Gasteiger charge is -2.14. The van der Waals surface area contributed by atoms with Crippen LogP contribution in [0.5, 0.6) is 0 Å². The first kappa shape index (κ1) is 30.5. The van der Waals surface area contributed by atoms with Gasteiger partial charge in [0.25, 0.3) is 0 Å². The first-order valence-corrected chi connectivity index (χ1v) is 14.9. The van der Waals surface area contributed by atoms with Crippen molar-refractivity contribution in [3.63, 3.8) is 0 Å². The van der Waals surface area contributed by atoms with E-state index >= 15 is 0 Å². The minimum Gasteiger partial charge on any atom is -0.481 e. The summed E-state index contributed by atoms with van der Waals surface area (Å²) in [7, 11) is 6.46. The Balaban J connectivity index is 3.89. The largest absolute Gasteiger partial charge is 0.481 e. The van der Waals surface area contributed by atoms with Gasteiger partial charge in [0.1, 0.15) is 0 Å². The van der Waals surface area contributed by atoms with E-state index in [-0.39, 0.29) is 46.7 Å².